The molecule has 3 aromatic rings. The first-order valence-electron chi connectivity index (χ1n) is 6.64. The Morgan fingerprint density at radius 3 is 2.62 bits per heavy atom. The lowest BCUT2D eigenvalue weighted by atomic mass is 10.2. The molecule has 8 heteroatoms. The molecule has 0 bridgehead atoms. The number of carbonyl (C=O) groups excluding carboxylic acids is 1. The lowest BCUT2D eigenvalue weighted by Gasteiger charge is -2.05. The van der Waals surface area contributed by atoms with Gasteiger partial charge < -0.3 is 9.15 Å². The van der Waals surface area contributed by atoms with Crippen LogP contribution >= 0.6 is 15.9 Å². The number of esters is 1. The van der Waals surface area contributed by atoms with Gasteiger partial charge in [-0.1, -0.05) is 0 Å². The lowest BCUT2D eigenvalue weighted by molar-refractivity contribution is -0.385. The fourth-order valence-electron chi connectivity index (χ4n) is 2.05. The van der Waals surface area contributed by atoms with Gasteiger partial charge in [0, 0.05) is 23.6 Å². The molecule has 0 aliphatic heterocycles. The Hall–Kier alpha value is -3.00. The first kappa shape index (κ1) is 15.9. The number of halogens is 1. The summed E-state index contributed by atoms with van der Waals surface area (Å²) >= 11 is 3.05. The van der Waals surface area contributed by atoms with E-state index in [0.29, 0.717) is 5.39 Å². The monoisotopic (exact) mass is 389 g/mol. The van der Waals surface area contributed by atoms with E-state index in [0.717, 1.165) is 6.07 Å². The quantitative estimate of drug-likeness (QED) is 0.222. The molecule has 0 radical (unpaired) electrons. The summed E-state index contributed by atoms with van der Waals surface area (Å²) in [6.45, 7) is 0. The van der Waals surface area contributed by atoms with Crippen LogP contribution in [-0.2, 0) is 0 Å². The van der Waals surface area contributed by atoms with Crippen molar-refractivity contribution in [3.63, 3.8) is 0 Å². The number of benzene rings is 2. The van der Waals surface area contributed by atoms with Gasteiger partial charge in [0.05, 0.1) is 15.0 Å². The molecule has 1 aromatic heterocycles. The summed E-state index contributed by atoms with van der Waals surface area (Å²) in [5, 5.41) is 11.6. The van der Waals surface area contributed by atoms with Gasteiger partial charge in [0.1, 0.15) is 11.3 Å². The maximum absolute atomic E-state index is 12.2. The highest BCUT2D eigenvalue weighted by Crippen LogP contribution is 2.26. The smallest absolute Gasteiger partial charge is 0.343 e. The minimum absolute atomic E-state index is 0.0273. The molecule has 0 fully saturated rings. The minimum Gasteiger partial charge on any atom is -0.423 e. The lowest BCUT2D eigenvalue weighted by Crippen LogP contribution is -2.09. The predicted molar refractivity (Wildman–Crippen MR) is 88.2 cm³/mol. The molecule has 0 spiro atoms. The zero-order valence-electron chi connectivity index (χ0n) is 11.9. The Morgan fingerprint density at radius 1 is 1.12 bits per heavy atom. The second kappa shape index (κ2) is 6.25. The number of ether oxygens (including phenoxy) is 1. The van der Waals surface area contributed by atoms with Crippen LogP contribution in [0, 0.1) is 10.1 Å². The van der Waals surface area contributed by atoms with E-state index in [4.69, 9.17) is 9.15 Å². The molecule has 1 heterocycles. The number of rotatable bonds is 3. The molecular formula is C16H8BrNO6. The van der Waals surface area contributed by atoms with E-state index in [1.54, 1.807) is 12.1 Å². The van der Waals surface area contributed by atoms with E-state index < -0.39 is 16.5 Å². The first-order valence-corrected chi connectivity index (χ1v) is 7.43. The molecule has 0 aliphatic carbocycles. The largest absolute Gasteiger partial charge is 0.423 e. The van der Waals surface area contributed by atoms with Gasteiger partial charge in [0.15, 0.2) is 0 Å². The van der Waals surface area contributed by atoms with Crippen LogP contribution in [0.15, 0.2) is 62.2 Å². The van der Waals surface area contributed by atoms with Gasteiger partial charge in [-0.2, -0.15) is 0 Å². The van der Waals surface area contributed by atoms with Crippen LogP contribution in [0.25, 0.3) is 11.0 Å². The zero-order valence-corrected chi connectivity index (χ0v) is 13.5. The molecule has 0 amide bonds. The highest BCUT2D eigenvalue weighted by molar-refractivity contribution is 9.10. The van der Waals surface area contributed by atoms with E-state index in [1.807, 2.05) is 0 Å². The van der Waals surface area contributed by atoms with Crippen molar-refractivity contribution in [1.29, 1.82) is 0 Å². The highest BCUT2D eigenvalue weighted by atomic mass is 79.9. The van der Waals surface area contributed by atoms with Crippen molar-refractivity contribution >= 4 is 38.6 Å². The average Bonchev–Trinajstić information content (AvgIpc) is 2.54. The Kier molecular flexibility index (Phi) is 4.13. The Morgan fingerprint density at radius 2 is 1.88 bits per heavy atom. The molecule has 0 aliphatic rings. The average molecular weight is 390 g/mol. The van der Waals surface area contributed by atoms with Crippen molar-refractivity contribution in [2.75, 3.05) is 0 Å². The Labute approximate surface area is 142 Å². The second-order valence-electron chi connectivity index (χ2n) is 4.77. The third kappa shape index (κ3) is 3.18. The molecule has 120 valence electrons. The molecule has 0 saturated heterocycles. The summed E-state index contributed by atoms with van der Waals surface area (Å²) < 4.78 is 10.5. The Balaban J connectivity index is 1.91. The summed E-state index contributed by atoms with van der Waals surface area (Å²) in [5.74, 6) is -0.601. The topological polar surface area (TPSA) is 99.7 Å². The molecule has 0 atom stereocenters. The van der Waals surface area contributed by atoms with Gasteiger partial charge >= 0.3 is 11.6 Å². The van der Waals surface area contributed by atoms with Crippen LogP contribution in [0.2, 0.25) is 0 Å². The van der Waals surface area contributed by atoms with Crippen LogP contribution in [0.3, 0.4) is 0 Å². The zero-order chi connectivity index (χ0) is 17.3. The van der Waals surface area contributed by atoms with Crippen molar-refractivity contribution in [2.45, 2.75) is 0 Å². The molecule has 7 nitrogen and oxygen atoms in total. The van der Waals surface area contributed by atoms with Gasteiger partial charge in [-0.3, -0.25) is 10.1 Å². The fraction of sp³-hybridized carbons (Fsp3) is 0. The Bertz CT molecular complexity index is 1030. The number of nitrogens with zero attached hydrogens (tertiary/aromatic N) is 1. The molecule has 0 N–H and O–H groups in total. The summed E-state index contributed by atoms with van der Waals surface area (Å²) in [5.41, 5.74) is -0.461. The first-order chi connectivity index (χ1) is 11.4. The number of hydrogen-bond acceptors (Lipinski definition) is 6. The predicted octanol–water partition coefficient (Wildman–Crippen LogP) is 3.68. The summed E-state index contributed by atoms with van der Waals surface area (Å²) in [6, 6.07) is 11.4. The number of hydrogen-bond donors (Lipinski definition) is 0. The molecule has 0 saturated carbocycles. The molecule has 3 rings (SSSR count). The van der Waals surface area contributed by atoms with Crippen molar-refractivity contribution in [2.24, 2.45) is 0 Å². The minimum atomic E-state index is -0.761. The van der Waals surface area contributed by atoms with Crippen LogP contribution in [0.5, 0.6) is 5.75 Å². The van der Waals surface area contributed by atoms with E-state index in [1.165, 1.54) is 30.3 Å². The molecule has 2 aromatic carbocycles. The van der Waals surface area contributed by atoms with Gasteiger partial charge in [0.25, 0.3) is 5.69 Å². The normalized spacial score (nSPS) is 10.5. The standard InChI is InChI=1S/C16H8BrNO6/c17-12-5-2-10(7-13(12)18(21)22)16(20)23-11-4-1-9-3-6-15(19)24-14(9)8-11/h1-8H. The van der Waals surface area contributed by atoms with Crippen LogP contribution in [0.1, 0.15) is 10.4 Å². The number of nitro benzene ring substituents is 1. The van der Waals surface area contributed by atoms with Gasteiger partial charge in [-0.15, -0.1) is 0 Å². The number of nitro groups is 1. The van der Waals surface area contributed by atoms with Gasteiger partial charge in [-0.05, 0) is 46.3 Å². The summed E-state index contributed by atoms with van der Waals surface area (Å²) in [4.78, 5) is 33.7. The van der Waals surface area contributed by atoms with Crippen LogP contribution in [0.4, 0.5) is 5.69 Å². The maximum Gasteiger partial charge on any atom is 0.343 e. The third-order valence-electron chi connectivity index (χ3n) is 3.18. The van der Waals surface area contributed by atoms with Crippen molar-refractivity contribution in [3.8, 4) is 5.75 Å². The van der Waals surface area contributed by atoms with Crippen molar-refractivity contribution in [1.82, 2.24) is 0 Å². The number of fused-ring (bicyclic) bond motifs is 1. The van der Waals surface area contributed by atoms with Crippen LogP contribution in [-0.4, -0.2) is 10.9 Å². The summed E-state index contributed by atoms with van der Waals surface area (Å²) in [7, 11) is 0. The summed E-state index contributed by atoms with van der Waals surface area (Å²) in [6.07, 6.45) is 0. The van der Waals surface area contributed by atoms with E-state index in [-0.39, 0.29) is 27.1 Å². The van der Waals surface area contributed by atoms with E-state index >= 15 is 0 Å². The third-order valence-corrected chi connectivity index (χ3v) is 3.85. The fourth-order valence-corrected chi connectivity index (χ4v) is 2.44. The van der Waals surface area contributed by atoms with E-state index in [9.17, 15) is 19.7 Å². The van der Waals surface area contributed by atoms with Crippen molar-refractivity contribution < 1.29 is 18.9 Å². The van der Waals surface area contributed by atoms with Crippen LogP contribution < -0.4 is 10.4 Å². The van der Waals surface area contributed by atoms with Gasteiger partial charge in [-0.25, -0.2) is 9.59 Å². The molecule has 0 unspecified atom stereocenters. The van der Waals surface area contributed by atoms with Crippen molar-refractivity contribution in [3.05, 3.63) is 79.1 Å². The van der Waals surface area contributed by atoms with E-state index in [2.05, 4.69) is 15.9 Å². The second-order valence-corrected chi connectivity index (χ2v) is 5.62. The number of carbonyl (C=O) groups is 1. The molecular weight excluding hydrogens is 382 g/mol. The SMILES string of the molecule is O=C(Oc1ccc2ccc(=O)oc2c1)c1ccc(Br)c([N+](=O)[O-])c1. The van der Waals surface area contributed by atoms with Gasteiger partial charge in [0.2, 0.25) is 0 Å². The maximum atomic E-state index is 12.2. The highest BCUT2D eigenvalue weighted by Gasteiger charge is 2.17. The molecule has 24 heavy (non-hydrogen) atoms.